The van der Waals surface area contributed by atoms with Crippen molar-refractivity contribution >= 4 is 21.8 Å². The predicted octanol–water partition coefficient (Wildman–Crippen LogP) is -1.08. The maximum absolute atomic E-state index is 10.6. The Morgan fingerprint density at radius 2 is 2.21 bits per heavy atom. The van der Waals surface area contributed by atoms with E-state index in [1.54, 1.807) is 0 Å². The van der Waals surface area contributed by atoms with Crippen LogP contribution in [0.4, 0.5) is 5.69 Å². The van der Waals surface area contributed by atoms with Gasteiger partial charge in [0.1, 0.15) is 0 Å². The van der Waals surface area contributed by atoms with E-state index in [0.717, 1.165) is 0 Å². The van der Waals surface area contributed by atoms with E-state index >= 15 is 0 Å². The van der Waals surface area contributed by atoms with Gasteiger partial charge < -0.3 is 16.2 Å². The SMILES string of the molecule is Nc1cnn(CCCS(=O)(=O)O)c1CNCC(=O)O. The number of hydrogen-bond donors (Lipinski definition) is 4. The van der Waals surface area contributed by atoms with Crippen LogP contribution >= 0.6 is 0 Å². The summed E-state index contributed by atoms with van der Waals surface area (Å²) in [4.78, 5) is 10.4. The van der Waals surface area contributed by atoms with Crippen molar-refractivity contribution < 1.29 is 22.9 Å². The second-order valence-electron chi connectivity index (χ2n) is 3.91. The van der Waals surface area contributed by atoms with Gasteiger partial charge in [0.05, 0.1) is 29.9 Å². The third-order valence-electron chi connectivity index (χ3n) is 2.32. The van der Waals surface area contributed by atoms with Gasteiger partial charge >= 0.3 is 5.97 Å². The fraction of sp³-hybridized carbons (Fsp3) is 0.556. The summed E-state index contributed by atoms with van der Waals surface area (Å²) < 4.78 is 31.3. The van der Waals surface area contributed by atoms with E-state index in [1.165, 1.54) is 10.9 Å². The number of nitrogens with two attached hydrogens (primary N) is 1. The normalized spacial score (nSPS) is 11.6. The van der Waals surface area contributed by atoms with E-state index in [1.807, 2.05) is 0 Å². The van der Waals surface area contributed by atoms with E-state index in [4.69, 9.17) is 15.4 Å². The van der Waals surface area contributed by atoms with Gasteiger partial charge in [-0.3, -0.25) is 14.0 Å². The molecule has 108 valence electrons. The highest BCUT2D eigenvalue weighted by Crippen LogP contribution is 2.11. The minimum Gasteiger partial charge on any atom is -0.480 e. The Morgan fingerprint density at radius 3 is 2.79 bits per heavy atom. The summed E-state index contributed by atoms with van der Waals surface area (Å²) in [5.74, 6) is -1.36. The standard InChI is InChI=1S/C9H16N4O5S/c10-7-4-12-13(2-1-3-19(16,17)18)8(7)5-11-6-9(14)15/h4,11H,1-3,5-6,10H2,(H,14,15)(H,16,17,18). The molecule has 0 spiro atoms. The van der Waals surface area contributed by atoms with Gasteiger partial charge in [-0.05, 0) is 6.42 Å². The number of anilines is 1. The maximum Gasteiger partial charge on any atom is 0.317 e. The third kappa shape index (κ3) is 5.68. The maximum atomic E-state index is 10.6. The molecular formula is C9H16N4O5S. The van der Waals surface area contributed by atoms with Gasteiger partial charge in [0.25, 0.3) is 10.1 Å². The lowest BCUT2D eigenvalue weighted by atomic mass is 10.3. The Hall–Kier alpha value is -1.65. The van der Waals surface area contributed by atoms with E-state index in [-0.39, 0.29) is 31.8 Å². The molecule has 0 atom stereocenters. The summed E-state index contributed by atoms with van der Waals surface area (Å²) in [5, 5.41) is 15.1. The lowest BCUT2D eigenvalue weighted by Gasteiger charge is -2.08. The molecule has 10 heteroatoms. The minimum absolute atomic E-state index is 0.186. The zero-order valence-electron chi connectivity index (χ0n) is 10.1. The van der Waals surface area contributed by atoms with Crippen molar-refractivity contribution in [2.45, 2.75) is 19.5 Å². The molecule has 0 saturated carbocycles. The Morgan fingerprint density at radius 1 is 1.53 bits per heavy atom. The number of rotatable bonds is 8. The van der Waals surface area contributed by atoms with E-state index in [0.29, 0.717) is 11.4 Å². The predicted molar refractivity (Wildman–Crippen MR) is 67.0 cm³/mol. The molecule has 0 radical (unpaired) electrons. The van der Waals surface area contributed by atoms with Crippen molar-refractivity contribution in [2.24, 2.45) is 0 Å². The van der Waals surface area contributed by atoms with Crippen LogP contribution in [0.5, 0.6) is 0 Å². The number of nitrogens with zero attached hydrogens (tertiary/aromatic N) is 2. The number of aryl methyl sites for hydroxylation is 1. The van der Waals surface area contributed by atoms with Crippen molar-refractivity contribution in [3.8, 4) is 0 Å². The average Bonchev–Trinajstić information content (AvgIpc) is 2.59. The summed E-state index contributed by atoms with van der Waals surface area (Å²) in [5.41, 5.74) is 6.65. The van der Waals surface area contributed by atoms with Crippen LogP contribution in [0, 0.1) is 0 Å². The summed E-state index contributed by atoms with van der Waals surface area (Å²) in [6.07, 6.45) is 1.59. The molecule has 0 aliphatic carbocycles. The highest BCUT2D eigenvalue weighted by Gasteiger charge is 2.10. The summed E-state index contributed by atoms with van der Waals surface area (Å²) in [6, 6.07) is 0. The molecule has 19 heavy (non-hydrogen) atoms. The van der Waals surface area contributed by atoms with Crippen LogP contribution < -0.4 is 11.1 Å². The van der Waals surface area contributed by atoms with Crippen LogP contribution in [0.1, 0.15) is 12.1 Å². The van der Waals surface area contributed by atoms with Crippen LogP contribution in [-0.4, -0.2) is 46.1 Å². The monoisotopic (exact) mass is 292 g/mol. The fourth-order valence-electron chi connectivity index (χ4n) is 1.50. The number of aliphatic carboxylic acids is 1. The number of carboxylic acid groups (broad SMARTS) is 1. The molecule has 0 bridgehead atoms. The fourth-order valence-corrected chi connectivity index (χ4v) is 1.99. The molecule has 1 rings (SSSR count). The molecule has 0 amide bonds. The van der Waals surface area contributed by atoms with Gasteiger partial charge in [-0.1, -0.05) is 0 Å². The molecule has 1 heterocycles. The molecule has 0 aliphatic heterocycles. The molecule has 0 fully saturated rings. The van der Waals surface area contributed by atoms with Gasteiger partial charge in [0, 0.05) is 13.1 Å². The van der Waals surface area contributed by atoms with Crippen LogP contribution in [0.25, 0.3) is 0 Å². The van der Waals surface area contributed by atoms with Gasteiger partial charge in [0.15, 0.2) is 0 Å². The Bertz CT molecular complexity index is 539. The largest absolute Gasteiger partial charge is 0.480 e. The van der Waals surface area contributed by atoms with Crippen molar-refractivity contribution in [1.29, 1.82) is 0 Å². The highest BCUT2D eigenvalue weighted by molar-refractivity contribution is 7.85. The minimum atomic E-state index is -3.99. The number of nitrogen functional groups attached to an aromatic ring is 1. The first-order valence-corrected chi connectivity index (χ1v) is 7.08. The molecule has 0 saturated heterocycles. The summed E-state index contributed by atoms with van der Waals surface area (Å²) in [7, 11) is -3.99. The first-order chi connectivity index (χ1) is 8.79. The molecule has 1 aromatic rings. The van der Waals surface area contributed by atoms with Crippen molar-refractivity contribution in [1.82, 2.24) is 15.1 Å². The molecule has 0 aromatic carbocycles. The highest BCUT2D eigenvalue weighted by atomic mass is 32.2. The van der Waals surface area contributed by atoms with Gasteiger partial charge in [-0.15, -0.1) is 0 Å². The summed E-state index contributed by atoms with van der Waals surface area (Å²) in [6.45, 7) is 0.265. The molecule has 5 N–H and O–H groups in total. The molecule has 0 unspecified atom stereocenters. The Labute approximate surface area is 110 Å². The zero-order chi connectivity index (χ0) is 14.5. The first kappa shape index (κ1) is 15.4. The van der Waals surface area contributed by atoms with Crippen LogP contribution in [0.3, 0.4) is 0 Å². The molecule has 0 aliphatic rings. The van der Waals surface area contributed by atoms with Crippen LogP contribution in [-0.2, 0) is 28.0 Å². The third-order valence-corrected chi connectivity index (χ3v) is 3.13. The molecule has 9 nitrogen and oxygen atoms in total. The van der Waals surface area contributed by atoms with Gasteiger partial charge in [-0.2, -0.15) is 13.5 Å². The van der Waals surface area contributed by atoms with E-state index in [9.17, 15) is 13.2 Å². The van der Waals surface area contributed by atoms with Crippen LogP contribution in [0.15, 0.2) is 6.20 Å². The lowest BCUT2D eigenvalue weighted by molar-refractivity contribution is -0.136. The number of hydrogen-bond acceptors (Lipinski definition) is 6. The first-order valence-electron chi connectivity index (χ1n) is 5.47. The van der Waals surface area contributed by atoms with Gasteiger partial charge in [-0.25, -0.2) is 0 Å². The topological polar surface area (TPSA) is 148 Å². The second-order valence-corrected chi connectivity index (χ2v) is 5.48. The second kappa shape index (κ2) is 6.50. The molecular weight excluding hydrogens is 276 g/mol. The smallest absolute Gasteiger partial charge is 0.317 e. The lowest BCUT2D eigenvalue weighted by Crippen LogP contribution is -2.24. The van der Waals surface area contributed by atoms with E-state index in [2.05, 4.69) is 10.4 Å². The van der Waals surface area contributed by atoms with E-state index < -0.39 is 16.1 Å². The van der Waals surface area contributed by atoms with Crippen molar-refractivity contribution in [3.63, 3.8) is 0 Å². The average molecular weight is 292 g/mol. The zero-order valence-corrected chi connectivity index (χ0v) is 10.9. The van der Waals surface area contributed by atoms with Gasteiger partial charge in [0.2, 0.25) is 0 Å². The van der Waals surface area contributed by atoms with Crippen molar-refractivity contribution in [3.05, 3.63) is 11.9 Å². The summed E-state index contributed by atoms with van der Waals surface area (Å²) >= 11 is 0. The van der Waals surface area contributed by atoms with Crippen molar-refractivity contribution in [2.75, 3.05) is 18.0 Å². The quantitative estimate of drug-likeness (QED) is 0.442. The number of carboxylic acids is 1. The number of carbonyl (C=O) groups is 1. The van der Waals surface area contributed by atoms with Crippen LogP contribution in [0.2, 0.25) is 0 Å². The number of nitrogens with one attached hydrogen (secondary N) is 1. The molecule has 1 aromatic heterocycles. The Balaban J connectivity index is 2.56. The Kier molecular flexibility index (Phi) is 5.27. The number of aromatic nitrogens is 2.